The first-order valence-electron chi connectivity index (χ1n) is 8.10. The molecule has 7 heteroatoms. The number of rotatable bonds is 6. The molecule has 0 aromatic heterocycles. The summed E-state index contributed by atoms with van der Waals surface area (Å²) < 4.78 is 10.5. The molecule has 1 aliphatic rings. The number of benzene rings is 1. The van der Waals surface area contributed by atoms with Crippen molar-refractivity contribution >= 4 is 29.2 Å². The van der Waals surface area contributed by atoms with Crippen molar-refractivity contribution in [2.45, 2.75) is 45.6 Å². The largest absolute Gasteiger partial charge is 0.424 e. The van der Waals surface area contributed by atoms with Gasteiger partial charge in [0.05, 0.1) is 5.69 Å². The Hall–Kier alpha value is -2.41. The highest BCUT2D eigenvalue weighted by molar-refractivity contribution is 5.97. The molecular weight excluding hydrogens is 312 g/mol. The third-order valence-corrected chi connectivity index (χ3v) is 3.58. The van der Waals surface area contributed by atoms with Crippen LogP contribution in [0.5, 0.6) is 5.75 Å². The van der Waals surface area contributed by atoms with Crippen LogP contribution < -0.4 is 15.4 Å². The first-order valence-corrected chi connectivity index (χ1v) is 8.10. The molecule has 1 aromatic carbocycles. The Bertz CT molecular complexity index is 623. The summed E-state index contributed by atoms with van der Waals surface area (Å²) >= 11 is 0. The minimum absolute atomic E-state index is 0.216. The third kappa shape index (κ3) is 4.79. The minimum Gasteiger partial charge on any atom is -0.424 e. The lowest BCUT2D eigenvalue weighted by atomic mass is 10.2. The Morgan fingerprint density at radius 1 is 1.21 bits per heavy atom. The van der Waals surface area contributed by atoms with E-state index >= 15 is 0 Å². The van der Waals surface area contributed by atoms with Crippen LogP contribution >= 0.6 is 0 Å². The van der Waals surface area contributed by atoms with E-state index in [-0.39, 0.29) is 30.4 Å². The average molecular weight is 334 g/mol. The molecule has 2 rings (SSSR count). The minimum atomic E-state index is -0.448. The second-order valence-corrected chi connectivity index (χ2v) is 5.43. The van der Waals surface area contributed by atoms with E-state index in [2.05, 4.69) is 10.6 Å². The highest BCUT2D eigenvalue weighted by Crippen LogP contribution is 2.29. The van der Waals surface area contributed by atoms with E-state index in [0.717, 1.165) is 6.42 Å². The molecule has 130 valence electrons. The van der Waals surface area contributed by atoms with Gasteiger partial charge in [-0.25, -0.2) is 0 Å². The molecule has 2 N–H and O–H groups in total. The predicted octanol–water partition coefficient (Wildman–Crippen LogP) is 2.47. The first-order chi connectivity index (χ1) is 11.5. The molecule has 1 atom stereocenters. The molecule has 0 aliphatic carbocycles. The number of amides is 2. The van der Waals surface area contributed by atoms with Crippen molar-refractivity contribution in [3.05, 3.63) is 18.2 Å². The lowest BCUT2D eigenvalue weighted by molar-refractivity contribution is -0.134. The molecule has 0 saturated carbocycles. The number of ether oxygens (including phenoxy) is 2. The van der Waals surface area contributed by atoms with Crippen LogP contribution in [-0.2, 0) is 19.1 Å². The van der Waals surface area contributed by atoms with Gasteiger partial charge >= 0.3 is 5.97 Å². The van der Waals surface area contributed by atoms with Gasteiger partial charge in [-0.2, -0.15) is 0 Å². The summed E-state index contributed by atoms with van der Waals surface area (Å²) in [5.41, 5.74) is 0.840. The van der Waals surface area contributed by atoms with Crippen LogP contribution in [0.15, 0.2) is 18.2 Å². The Morgan fingerprint density at radius 3 is 2.62 bits per heavy atom. The summed E-state index contributed by atoms with van der Waals surface area (Å²) in [6.45, 7) is 3.99. The smallest absolute Gasteiger partial charge is 0.310 e. The Morgan fingerprint density at radius 2 is 2.00 bits per heavy atom. The highest BCUT2D eigenvalue weighted by atomic mass is 16.5. The molecule has 0 bridgehead atoms. The van der Waals surface area contributed by atoms with Crippen molar-refractivity contribution in [3.63, 3.8) is 0 Å². The molecule has 1 fully saturated rings. The van der Waals surface area contributed by atoms with Gasteiger partial charge in [-0.05, 0) is 31.0 Å². The molecule has 2 amide bonds. The molecule has 0 radical (unpaired) electrons. The van der Waals surface area contributed by atoms with Crippen LogP contribution in [0.3, 0.4) is 0 Å². The summed E-state index contributed by atoms with van der Waals surface area (Å²) in [5.74, 6) is -0.595. The molecule has 24 heavy (non-hydrogen) atoms. The van der Waals surface area contributed by atoms with Crippen LogP contribution in [0.1, 0.15) is 39.5 Å². The highest BCUT2D eigenvalue weighted by Gasteiger charge is 2.24. The number of esters is 1. The molecule has 1 aliphatic heterocycles. The summed E-state index contributed by atoms with van der Waals surface area (Å²) in [6, 6.07) is 4.73. The quantitative estimate of drug-likeness (QED) is 0.616. The van der Waals surface area contributed by atoms with Gasteiger partial charge in [-0.3, -0.25) is 14.4 Å². The zero-order valence-electron chi connectivity index (χ0n) is 13.9. The van der Waals surface area contributed by atoms with Gasteiger partial charge in [0.15, 0.2) is 5.75 Å². The Kier molecular flexibility index (Phi) is 6.31. The molecule has 1 aromatic rings. The lowest BCUT2D eigenvalue weighted by Crippen LogP contribution is -2.26. The van der Waals surface area contributed by atoms with Gasteiger partial charge in [-0.15, -0.1) is 0 Å². The number of hydrogen-bond acceptors (Lipinski definition) is 5. The standard InChI is InChI=1S/C17H22N2O5/c1-3-15(20)19-12-10-11(7-8-13(12)24-16(21)4-2)18-17(22)14-6-5-9-23-14/h7-8,10,14H,3-6,9H2,1-2H3,(H,18,22)(H,19,20). The molecule has 1 unspecified atom stereocenters. The Labute approximate surface area is 140 Å². The lowest BCUT2D eigenvalue weighted by Gasteiger charge is -2.14. The van der Waals surface area contributed by atoms with Crippen molar-refractivity contribution in [2.24, 2.45) is 0 Å². The van der Waals surface area contributed by atoms with Gasteiger partial charge in [-0.1, -0.05) is 13.8 Å². The van der Waals surface area contributed by atoms with Gasteiger partial charge in [0, 0.05) is 25.1 Å². The molecule has 1 saturated heterocycles. The molecule has 0 spiro atoms. The zero-order valence-corrected chi connectivity index (χ0v) is 13.9. The van der Waals surface area contributed by atoms with Crippen molar-refractivity contribution in [3.8, 4) is 5.75 Å². The summed E-state index contributed by atoms with van der Waals surface area (Å²) in [6.07, 6.45) is 1.61. The van der Waals surface area contributed by atoms with Gasteiger partial charge < -0.3 is 20.1 Å². The van der Waals surface area contributed by atoms with Crippen LogP contribution in [-0.4, -0.2) is 30.5 Å². The topological polar surface area (TPSA) is 93.7 Å². The SMILES string of the molecule is CCC(=O)Nc1cc(NC(=O)C2CCCO2)ccc1OC(=O)CC. The predicted molar refractivity (Wildman–Crippen MR) is 88.9 cm³/mol. The van der Waals surface area contributed by atoms with Crippen molar-refractivity contribution in [1.29, 1.82) is 0 Å². The number of carbonyl (C=O) groups is 3. The second kappa shape index (κ2) is 8.44. The van der Waals surface area contributed by atoms with E-state index in [4.69, 9.17) is 9.47 Å². The second-order valence-electron chi connectivity index (χ2n) is 5.43. The van der Waals surface area contributed by atoms with Crippen LogP contribution in [0.25, 0.3) is 0 Å². The summed E-state index contributed by atoms with van der Waals surface area (Å²) in [7, 11) is 0. The number of nitrogens with one attached hydrogen (secondary N) is 2. The Balaban J connectivity index is 2.16. The van der Waals surface area contributed by atoms with E-state index in [9.17, 15) is 14.4 Å². The average Bonchev–Trinajstić information content (AvgIpc) is 3.11. The number of carbonyl (C=O) groups excluding carboxylic acids is 3. The number of hydrogen-bond donors (Lipinski definition) is 2. The third-order valence-electron chi connectivity index (χ3n) is 3.58. The van der Waals surface area contributed by atoms with E-state index in [1.165, 1.54) is 0 Å². The van der Waals surface area contributed by atoms with Crippen LogP contribution in [0.4, 0.5) is 11.4 Å². The molecule has 7 nitrogen and oxygen atoms in total. The zero-order chi connectivity index (χ0) is 17.5. The van der Waals surface area contributed by atoms with E-state index in [1.807, 2.05) is 0 Å². The fraction of sp³-hybridized carbons (Fsp3) is 0.471. The van der Waals surface area contributed by atoms with Gasteiger partial charge in [0.25, 0.3) is 5.91 Å². The maximum absolute atomic E-state index is 12.1. The summed E-state index contributed by atoms with van der Waals surface area (Å²) in [4.78, 5) is 35.3. The maximum atomic E-state index is 12.1. The normalized spacial score (nSPS) is 16.5. The molecule has 1 heterocycles. The van der Waals surface area contributed by atoms with Crippen molar-refractivity contribution in [2.75, 3.05) is 17.2 Å². The number of anilines is 2. The van der Waals surface area contributed by atoms with Gasteiger partial charge in [0.2, 0.25) is 5.91 Å². The van der Waals surface area contributed by atoms with Crippen LogP contribution in [0, 0.1) is 0 Å². The fourth-order valence-electron chi connectivity index (χ4n) is 2.24. The van der Waals surface area contributed by atoms with Crippen molar-refractivity contribution in [1.82, 2.24) is 0 Å². The molecular formula is C17H22N2O5. The summed E-state index contributed by atoms with van der Waals surface area (Å²) in [5, 5.41) is 5.43. The van der Waals surface area contributed by atoms with Crippen molar-refractivity contribution < 1.29 is 23.9 Å². The van der Waals surface area contributed by atoms with E-state index < -0.39 is 12.1 Å². The maximum Gasteiger partial charge on any atom is 0.310 e. The van der Waals surface area contributed by atoms with Crippen LogP contribution in [0.2, 0.25) is 0 Å². The van der Waals surface area contributed by atoms with E-state index in [0.29, 0.717) is 24.4 Å². The van der Waals surface area contributed by atoms with Gasteiger partial charge in [0.1, 0.15) is 6.10 Å². The first kappa shape index (κ1) is 17.9. The monoisotopic (exact) mass is 334 g/mol. The van der Waals surface area contributed by atoms with E-state index in [1.54, 1.807) is 32.0 Å². The fourth-order valence-corrected chi connectivity index (χ4v) is 2.24.